The highest BCUT2D eigenvalue weighted by Gasteiger charge is 2.33. The highest BCUT2D eigenvalue weighted by atomic mass is 16.1. The number of carbonyl (C=O) groups excluding carboxylic acids is 1. The highest BCUT2D eigenvalue weighted by Crippen LogP contribution is 2.37. The maximum Gasteiger partial charge on any atom is 0.130 e. The summed E-state index contributed by atoms with van der Waals surface area (Å²) in [6.07, 6.45) is 6.89. The molecule has 0 atom stereocenters. The second-order valence-electron chi connectivity index (χ2n) is 4.70. The molecule has 1 aromatic carbocycles. The molecule has 1 aliphatic carbocycles. The molecule has 0 saturated heterocycles. The lowest BCUT2D eigenvalue weighted by molar-refractivity contribution is -0.113. The minimum Gasteiger partial charge on any atom is -0.302 e. The van der Waals surface area contributed by atoms with E-state index in [2.05, 4.69) is 31.2 Å². The number of rotatable bonds is 2. The largest absolute Gasteiger partial charge is 0.302 e. The van der Waals surface area contributed by atoms with E-state index in [1.807, 2.05) is 0 Å². The van der Waals surface area contributed by atoms with Crippen molar-refractivity contribution >= 4 is 6.29 Å². The number of aryl methyl sites for hydroxylation is 1. The molecule has 0 spiro atoms. The van der Waals surface area contributed by atoms with Gasteiger partial charge in [0.05, 0.1) is 5.41 Å². The molecule has 0 bridgehead atoms. The van der Waals surface area contributed by atoms with Gasteiger partial charge in [-0.25, -0.2) is 0 Å². The predicted molar refractivity (Wildman–Crippen MR) is 62.0 cm³/mol. The summed E-state index contributed by atoms with van der Waals surface area (Å²) in [5.74, 6) is 0. The van der Waals surface area contributed by atoms with E-state index in [1.165, 1.54) is 36.7 Å². The molecule has 15 heavy (non-hydrogen) atoms. The maximum absolute atomic E-state index is 11.4. The lowest BCUT2D eigenvalue weighted by Gasteiger charge is -2.32. The van der Waals surface area contributed by atoms with Gasteiger partial charge in [0.25, 0.3) is 0 Å². The van der Waals surface area contributed by atoms with E-state index in [4.69, 9.17) is 0 Å². The fourth-order valence-corrected chi connectivity index (χ4v) is 2.61. The monoisotopic (exact) mass is 202 g/mol. The Hall–Kier alpha value is -1.11. The van der Waals surface area contributed by atoms with E-state index in [-0.39, 0.29) is 5.41 Å². The van der Waals surface area contributed by atoms with Gasteiger partial charge in [0.2, 0.25) is 0 Å². The van der Waals surface area contributed by atoms with E-state index in [0.717, 1.165) is 12.8 Å². The zero-order valence-electron chi connectivity index (χ0n) is 9.33. The zero-order valence-corrected chi connectivity index (χ0v) is 9.33. The van der Waals surface area contributed by atoms with Crippen molar-refractivity contribution in [3.8, 4) is 0 Å². The normalized spacial score (nSPS) is 19.8. The fourth-order valence-electron chi connectivity index (χ4n) is 2.61. The van der Waals surface area contributed by atoms with E-state index in [1.54, 1.807) is 0 Å². The van der Waals surface area contributed by atoms with Crippen molar-refractivity contribution in [2.24, 2.45) is 0 Å². The first-order valence-corrected chi connectivity index (χ1v) is 5.80. The summed E-state index contributed by atoms with van der Waals surface area (Å²) < 4.78 is 0. The van der Waals surface area contributed by atoms with Gasteiger partial charge in [0.1, 0.15) is 6.29 Å². The Labute approximate surface area is 91.5 Å². The molecule has 2 rings (SSSR count). The van der Waals surface area contributed by atoms with Crippen LogP contribution in [-0.2, 0) is 10.2 Å². The minimum absolute atomic E-state index is 0.176. The maximum atomic E-state index is 11.4. The highest BCUT2D eigenvalue weighted by molar-refractivity contribution is 5.69. The third kappa shape index (κ3) is 1.97. The van der Waals surface area contributed by atoms with Gasteiger partial charge in [-0.05, 0) is 25.3 Å². The van der Waals surface area contributed by atoms with Crippen LogP contribution >= 0.6 is 0 Å². The summed E-state index contributed by atoms with van der Waals surface area (Å²) in [5, 5.41) is 0. The standard InChI is InChI=1S/C14H18O/c1-12-6-5-7-13(10-12)14(11-15)8-3-2-4-9-14/h5-7,10-11H,2-4,8-9H2,1H3. The lowest BCUT2D eigenvalue weighted by Crippen LogP contribution is -2.30. The summed E-state index contributed by atoms with van der Waals surface area (Å²) in [5.41, 5.74) is 2.29. The third-order valence-corrected chi connectivity index (χ3v) is 3.56. The van der Waals surface area contributed by atoms with Crippen molar-refractivity contribution in [1.29, 1.82) is 0 Å². The molecule has 1 saturated carbocycles. The van der Waals surface area contributed by atoms with E-state index in [9.17, 15) is 4.79 Å². The molecule has 1 nitrogen and oxygen atoms in total. The number of benzene rings is 1. The van der Waals surface area contributed by atoms with Gasteiger partial charge in [0, 0.05) is 0 Å². The van der Waals surface area contributed by atoms with Gasteiger partial charge >= 0.3 is 0 Å². The molecule has 0 radical (unpaired) electrons. The van der Waals surface area contributed by atoms with Crippen LogP contribution in [0.1, 0.15) is 43.2 Å². The van der Waals surface area contributed by atoms with E-state index >= 15 is 0 Å². The minimum atomic E-state index is -0.176. The summed E-state index contributed by atoms with van der Waals surface area (Å²) in [7, 11) is 0. The average Bonchev–Trinajstić information content (AvgIpc) is 2.30. The topological polar surface area (TPSA) is 17.1 Å². The molecule has 0 unspecified atom stereocenters. The molecule has 0 heterocycles. The van der Waals surface area contributed by atoms with Gasteiger partial charge in [-0.15, -0.1) is 0 Å². The summed E-state index contributed by atoms with van der Waals surface area (Å²) in [6.45, 7) is 2.09. The molecule has 0 amide bonds. The van der Waals surface area contributed by atoms with Gasteiger partial charge in [-0.3, -0.25) is 0 Å². The molecule has 80 valence electrons. The van der Waals surface area contributed by atoms with Crippen LogP contribution in [0.25, 0.3) is 0 Å². The molecule has 1 aromatic rings. The SMILES string of the molecule is Cc1cccc(C2(C=O)CCCCC2)c1. The Morgan fingerprint density at radius 2 is 1.93 bits per heavy atom. The molecule has 1 fully saturated rings. The van der Waals surface area contributed by atoms with E-state index < -0.39 is 0 Å². The first-order valence-electron chi connectivity index (χ1n) is 5.80. The number of hydrogen-bond acceptors (Lipinski definition) is 1. The van der Waals surface area contributed by atoms with Gasteiger partial charge < -0.3 is 4.79 Å². The van der Waals surface area contributed by atoms with Crippen molar-refractivity contribution < 1.29 is 4.79 Å². The number of hydrogen-bond donors (Lipinski definition) is 0. The second kappa shape index (κ2) is 4.18. The first-order chi connectivity index (χ1) is 7.27. The van der Waals surface area contributed by atoms with Gasteiger partial charge in [0.15, 0.2) is 0 Å². The van der Waals surface area contributed by atoms with Crippen LogP contribution in [0.2, 0.25) is 0 Å². The van der Waals surface area contributed by atoms with Crippen LogP contribution in [-0.4, -0.2) is 6.29 Å². The Morgan fingerprint density at radius 3 is 2.53 bits per heavy atom. The zero-order chi connectivity index (χ0) is 10.7. The molecule has 0 aromatic heterocycles. The molecule has 1 heteroatoms. The smallest absolute Gasteiger partial charge is 0.130 e. The Balaban J connectivity index is 2.36. The van der Waals surface area contributed by atoms with Crippen molar-refractivity contribution in [2.45, 2.75) is 44.4 Å². The fraction of sp³-hybridized carbons (Fsp3) is 0.500. The van der Waals surface area contributed by atoms with Crippen LogP contribution in [0, 0.1) is 6.92 Å². The van der Waals surface area contributed by atoms with Crippen LogP contribution in [0.15, 0.2) is 24.3 Å². The number of aldehydes is 1. The summed E-state index contributed by atoms with van der Waals surface area (Å²) >= 11 is 0. The Morgan fingerprint density at radius 1 is 1.20 bits per heavy atom. The first kappa shape index (κ1) is 10.4. The van der Waals surface area contributed by atoms with Crippen molar-refractivity contribution in [3.63, 3.8) is 0 Å². The molecular weight excluding hydrogens is 184 g/mol. The van der Waals surface area contributed by atoms with E-state index in [0.29, 0.717) is 0 Å². The Kier molecular flexibility index (Phi) is 2.90. The number of carbonyl (C=O) groups is 1. The molecule has 0 aliphatic heterocycles. The average molecular weight is 202 g/mol. The van der Waals surface area contributed by atoms with Crippen LogP contribution in [0.4, 0.5) is 0 Å². The van der Waals surface area contributed by atoms with Gasteiger partial charge in [-0.1, -0.05) is 49.1 Å². The van der Waals surface area contributed by atoms with Crippen molar-refractivity contribution in [2.75, 3.05) is 0 Å². The molecule has 1 aliphatic rings. The summed E-state index contributed by atoms with van der Waals surface area (Å²) in [4.78, 5) is 11.4. The van der Waals surface area contributed by atoms with Gasteiger partial charge in [-0.2, -0.15) is 0 Å². The van der Waals surface area contributed by atoms with Crippen molar-refractivity contribution in [3.05, 3.63) is 35.4 Å². The van der Waals surface area contributed by atoms with Crippen molar-refractivity contribution in [1.82, 2.24) is 0 Å². The molecular formula is C14H18O. The quantitative estimate of drug-likeness (QED) is 0.672. The lowest BCUT2D eigenvalue weighted by atomic mass is 9.70. The summed E-state index contributed by atoms with van der Waals surface area (Å²) in [6, 6.07) is 8.42. The van der Waals surface area contributed by atoms with Crippen LogP contribution in [0.3, 0.4) is 0 Å². The Bertz CT molecular complexity index is 348. The van der Waals surface area contributed by atoms with Crippen LogP contribution < -0.4 is 0 Å². The third-order valence-electron chi connectivity index (χ3n) is 3.56. The van der Waals surface area contributed by atoms with Crippen LogP contribution in [0.5, 0.6) is 0 Å². The predicted octanol–water partition coefficient (Wildman–Crippen LogP) is 3.40. The molecule has 0 N–H and O–H groups in total. The second-order valence-corrected chi connectivity index (χ2v) is 4.70.